The topological polar surface area (TPSA) is 134 Å². The third-order valence-corrected chi connectivity index (χ3v) is 4.17. The van der Waals surface area contributed by atoms with E-state index in [-0.39, 0.29) is 28.9 Å². The molecule has 0 fully saturated rings. The monoisotopic (exact) mass is 349 g/mol. The van der Waals surface area contributed by atoms with Crippen molar-refractivity contribution in [1.29, 1.82) is 0 Å². The molecule has 0 aliphatic carbocycles. The Morgan fingerprint density at radius 2 is 1.83 bits per heavy atom. The van der Waals surface area contributed by atoms with Crippen LogP contribution in [0.25, 0.3) is 0 Å². The van der Waals surface area contributed by atoms with E-state index in [9.17, 15) is 13.2 Å². The number of carbonyl (C=O) groups is 1. The first kappa shape index (κ1) is 17.3. The van der Waals surface area contributed by atoms with Gasteiger partial charge in [0.15, 0.2) is 0 Å². The Kier molecular flexibility index (Phi) is 5.42. The Hall–Kier alpha value is -3.01. The fourth-order valence-corrected chi connectivity index (χ4v) is 2.68. The van der Waals surface area contributed by atoms with E-state index in [1.54, 1.807) is 6.07 Å². The highest BCUT2D eigenvalue weighted by Gasteiger charge is 2.15. The van der Waals surface area contributed by atoms with Crippen molar-refractivity contribution >= 4 is 33.3 Å². The number of aromatic nitrogens is 2. The van der Waals surface area contributed by atoms with Crippen molar-refractivity contribution < 1.29 is 18.4 Å². The molecule has 0 aliphatic heterocycles. The molecule has 0 spiro atoms. The van der Waals surface area contributed by atoms with Crippen molar-refractivity contribution in [2.75, 3.05) is 10.0 Å². The van der Waals surface area contributed by atoms with Gasteiger partial charge in [0, 0.05) is 18.1 Å². The van der Waals surface area contributed by atoms with E-state index in [1.165, 1.54) is 43.6 Å². The lowest BCUT2D eigenvalue weighted by atomic mass is 10.2. The summed E-state index contributed by atoms with van der Waals surface area (Å²) in [5.41, 5.74) is 0.680. The standard InChI is InChI=1S/C14H15N5O4S/c1-10(18-21)9-13(20)17-11-3-5-12(6-4-11)24(22,23)19-14-15-7-2-8-16-14/h2-8,21H,9H2,1H3,(H,17,20)(H,15,16,19)/b18-10+. The molecule has 0 saturated carbocycles. The summed E-state index contributed by atoms with van der Waals surface area (Å²) in [4.78, 5) is 19.2. The second-order valence-corrected chi connectivity index (χ2v) is 6.44. The summed E-state index contributed by atoms with van der Waals surface area (Å²) in [5, 5.41) is 14.0. The summed E-state index contributed by atoms with van der Waals surface area (Å²) in [6.45, 7) is 1.51. The molecule has 0 bridgehead atoms. The van der Waals surface area contributed by atoms with Crippen LogP contribution in [0.2, 0.25) is 0 Å². The average molecular weight is 349 g/mol. The number of nitrogens with zero attached hydrogens (tertiary/aromatic N) is 3. The highest BCUT2D eigenvalue weighted by Crippen LogP contribution is 2.16. The third kappa shape index (κ3) is 4.74. The fourth-order valence-electron chi connectivity index (χ4n) is 1.72. The molecule has 126 valence electrons. The van der Waals surface area contributed by atoms with Crippen molar-refractivity contribution in [3.8, 4) is 0 Å². The van der Waals surface area contributed by atoms with Gasteiger partial charge in [-0.25, -0.2) is 23.1 Å². The van der Waals surface area contributed by atoms with Crippen molar-refractivity contribution in [1.82, 2.24) is 9.97 Å². The summed E-state index contributed by atoms with van der Waals surface area (Å²) in [7, 11) is -3.82. The number of nitrogens with one attached hydrogen (secondary N) is 2. The second kappa shape index (κ2) is 7.51. The van der Waals surface area contributed by atoms with Gasteiger partial charge in [-0.05, 0) is 37.3 Å². The molecule has 24 heavy (non-hydrogen) atoms. The van der Waals surface area contributed by atoms with Crippen LogP contribution in [-0.4, -0.2) is 35.2 Å². The molecule has 1 aromatic carbocycles. The fraction of sp³-hybridized carbons (Fsp3) is 0.143. The number of carbonyl (C=O) groups excluding carboxylic acids is 1. The van der Waals surface area contributed by atoms with Gasteiger partial charge in [-0.2, -0.15) is 0 Å². The highest BCUT2D eigenvalue weighted by atomic mass is 32.2. The van der Waals surface area contributed by atoms with Crippen LogP contribution in [0, 0.1) is 0 Å². The van der Waals surface area contributed by atoms with Gasteiger partial charge in [0.05, 0.1) is 17.0 Å². The quantitative estimate of drug-likeness (QED) is 0.411. The van der Waals surface area contributed by atoms with E-state index >= 15 is 0 Å². The molecule has 2 rings (SSSR count). The lowest BCUT2D eigenvalue weighted by Crippen LogP contribution is -2.16. The molecular weight excluding hydrogens is 334 g/mol. The van der Waals surface area contributed by atoms with E-state index in [1.807, 2.05) is 0 Å². The summed E-state index contributed by atoms with van der Waals surface area (Å²) in [6, 6.07) is 7.15. The SMILES string of the molecule is C/C(CC(=O)Nc1ccc(S(=O)(=O)Nc2ncccn2)cc1)=N\O. The summed E-state index contributed by atoms with van der Waals surface area (Å²) < 4.78 is 26.6. The molecule has 1 aromatic heterocycles. The number of hydrogen-bond acceptors (Lipinski definition) is 7. The zero-order valence-corrected chi connectivity index (χ0v) is 13.5. The van der Waals surface area contributed by atoms with Crippen molar-refractivity contribution in [3.05, 3.63) is 42.7 Å². The molecule has 1 heterocycles. The maximum absolute atomic E-state index is 12.2. The van der Waals surface area contributed by atoms with Crippen molar-refractivity contribution in [2.45, 2.75) is 18.2 Å². The Morgan fingerprint density at radius 1 is 1.21 bits per heavy atom. The predicted octanol–water partition coefficient (Wildman–Crippen LogP) is 1.46. The smallest absolute Gasteiger partial charge is 0.264 e. The van der Waals surface area contributed by atoms with Gasteiger partial charge in [-0.3, -0.25) is 4.79 Å². The molecule has 0 radical (unpaired) electrons. The number of anilines is 2. The molecule has 0 unspecified atom stereocenters. The van der Waals surface area contributed by atoms with Gasteiger partial charge in [-0.15, -0.1) is 0 Å². The van der Waals surface area contributed by atoms with E-state index in [2.05, 4.69) is 25.2 Å². The molecule has 10 heteroatoms. The third-order valence-electron chi connectivity index (χ3n) is 2.83. The first-order valence-corrected chi connectivity index (χ1v) is 8.26. The van der Waals surface area contributed by atoms with Crippen molar-refractivity contribution in [2.24, 2.45) is 5.16 Å². The Balaban J connectivity index is 2.07. The molecule has 0 saturated heterocycles. The molecule has 1 amide bonds. The van der Waals surface area contributed by atoms with E-state index < -0.39 is 10.0 Å². The average Bonchev–Trinajstić information content (AvgIpc) is 2.55. The van der Waals surface area contributed by atoms with Gasteiger partial charge >= 0.3 is 0 Å². The number of rotatable bonds is 6. The first-order valence-electron chi connectivity index (χ1n) is 6.78. The number of hydrogen-bond donors (Lipinski definition) is 3. The molecule has 3 N–H and O–H groups in total. The Bertz CT molecular complexity index is 835. The minimum Gasteiger partial charge on any atom is -0.411 e. The van der Waals surface area contributed by atoms with Crippen LogP contribution >= 0.6 is 0 Å². The van der Waals surface area contributed by atoms with Gasteiger partial charge in [0.25, 0.3) is 10.0 Å². The number of sulfonamides is 1. The number of benzene rings is 1. The Morgan fingerprint density at radius 3 is 2.42 bits per heavy atom. The van der Waals surface area contributed by atoms with Gasteiger partial charge in [0.2, 0.25) is 11.9 Å². The molecule has 0 aliphatic rings. The lowest BCUT2D eigenvalue weighted by molar-refractivity contribution is -0.115. The lowest BCUT2D eigenvalue weighted by Gasteiger charge is -2.08. The first-order chi connectivity index (χ1) is 11.4. The summed E-state index contributed by atoms with van der Waals surface area (Å²) in [5.74, 6) is -0.412. The van der Waals surface area contributed by atoms with Crippen molar-refractivity contribution in [3.63, 3.8) is 0 Å². The van der Waals surface area contributed by atoms with E-state index in [0.717, 1.165) is 0 Å². The minimum absolute atomic E-state index is 0.000975. The zero-order valence-electron chi connectivity index (χ0n) is 12.7. The maximum Gasteiger partial charge on any atom is 0.264 e. The zero-order chi connectivity index (χ0) is 17.6. The second-order valence-electron chi connectivity index (χ2n) is 4.76. The van der Waals surface area contributed by atoms with Crippen LogP contribution in [-0.2, 0) is 14.8 Å². The molecule has 9 nitrogen and oxygen atoms in total. The summed E-state index contributed by atoms with van der Waals surface area (Å²) in [6.07, 6.45) is 2.77. The number of oxime groups is 1. The van der Waals surface area contributed by atoms with Gasteiger partial charge in [0.1, 0.15) is 0 Å². The van der Waals surface area contributed by atoms with Crippen LogP contribution in [0.3, 0.4) is 0 Å². The van der Waals surface area contributed by atoms with Crippen LogP contribution < -0.4 is 10.0 Å². The number of amides is 1. The highest BCUT2D eigenvalue weighted by molar-refractivity contribution is 7.92. The van der Waals surface area contributed by atoms with Gasteiger partial charge in [-0.1, -0.05) is 5.16 Å². The molecular formula is C14H15N5O4S. The van der Waals surface area contributed by atoms with Crippen LogP contribution in [0.5, 0.6) is 0 Å². The molecule has 2 aromatic rings. The maximum atomic E-state index is 12.2. The molecule has 0 atom stereocenters. The van der Waals surface area contributed by atoms with E-state index in [4.69, 9.17) is 5.21 Å². The van der Waals surface area contributed by atoms with Crippen LogP contribution in [0.15, 0.2) is 52.8 Å². The predicted molar refractivity (Wildman–Crippen MR) is 87.4 cm³/mol. The largest absolute Gasteiger partial charge is 0.411 e. The summed E-state index contributed by atoms with van der Waals surface area (Å²) >= 11 is 0. The normalized spacial score (nSPS) is 11.8. The van der Waals surface area contributed by atoms with Gasteiger partial charge < -0.3 is 10.5 Å². The van der Waals surface area contributed by atoms with E-state index in [0.29, 0.717) is 5.69 Å². The van der Waals surface area contributed by atoms with Crippen LogP contribution in [0.4, 0.5) is 11.6 Å². The Labute approximate surface area is 138 Å². The van der Waals surface area contributed by atoms with Crippen LogP contribution in [0.1, 0.15) is 13.3 Å². The minimum atomic E-state index is -3.82.